The fourth-order valence-electron chi connectivity index (χ4n) is 2.72. The summed E-state index contributed by atoms with van der Waals surface area (Å²) in [4.78, 5) is 26.6. The van der Waals surface area contributed by atoms with Crippen LogP contribution in [0.5, 0.6) is 0 Å². The van der Waals surface area contributed by atoms with Gasteiger partial charge in [-0.15, -0.1) is 0 Å². The normalized spacial score (nSPS) is 11.4. The molecule has 0 aliphatic rings. The van der Waals surface area contributed by atoms with E-state index in [2.05, 4.69) is 10.6 Å². The number of carbonyl (C=O) groups is 2. The lowest BCUT2D eigenvalue weighted by Crippen LogP contribution is -2.39. The zero-order valence-corrected chi connectivity index (χ0v) is 18.9. The van der Waals surface area contributed by atoms with Crippen LogP contribution in [0.3, 0.4) is 0 Å². The van der Waals surface area contributed by atoms with Crippen molar-refractivity contribution >= 4 is 56.2 Å². The molecule has 7 nitrogen and oxygen atoms in total. The molecule has 162 valence electrons. The van der Waals surface area contributed by atoms with Gasteiger partial charge >= 0.3 is 0 Å². The molecule has 0 saturated heterocycles. The van der Waals surface area contributed by atoms with Gasteiger partial charge in [0, 0.05) is 17.0 Å². The van der Waals surface area contributed by atoms with E-state index in [1.807, 2.05) is 6.92 Å². The van der Waals surface area contributed by atoms with Crippen LogP contribution in [0.25, 0.3) is 0 Å². The van der Waals surface area contributed by atoms with Crippen LogP contribution in [0.2, 0.25) is 10.0 Å². The van der Waals surface area contributed by atoms with Crippen molar-refractivity contribution in [2.75, 3.05) is 36.5 Å². The molecule has 0 heterocycles. The van der Waals surface area contributed by atoms with E-state index in [-0.39, 0.29) is 29.8 Å². The van der Waals surface area contributed by atoms with E-state index in [9.17, 15) is 18.0 Å². The molecule has 2 aromatic rings. The highest BCUT2D eigenvalue weighted by atomic mass is 35.5. The van der Waals surface area contributed by atoms with Gasteiger partial charge in [0.05, 0.1) is 28.7 Å². The number of nitrogens with one attached hydrogen (secondary N) is 2. The van der Waals surface area contributed by atoms with E-state index in [1.54, 1.807) is 29.2 Å². The molecule has 0 aromatic heterocycles. The van der Waals surface area contributed by atoms with Crippen molar-refractivity contribution in [1.29, 1.82) is 0 Å². The fraction of sp³-hybridized carbons (Fsp3) is 0.300. The number of benzene rings is 2. The molecule has 0 spiro atoms. The molecule has 10 heteroatoms. The quantitative estimate of drug-likeness (QED) is 0.581. The molecule has 2 amide bonds. The van der Waals surface area contributed by atoms with Gasteiger partial charge in [-0.25, -0.2) is 8.42 Å². The number of anilines is 2. The van der Waals surface area contributed by atoms with Crippen LogP contribution in [-0.2, 0) is 19.4 Å². The van der Waals surface area contributed by atoms with Gasteiger partial charge in [-0.05, 0) is 49.4 Å². The number of rotatable bonds is 9. The number of hydrogen-bond acceptors (Lipinski definition) is 5. The van der Waals surface area contributed by atoms with Crippen molar-refractivity contribution in [3.05, 3.63) is 52.5 Å². The molecule has 30 heavy (non-hydrogen) atoms. The summed E-state index contributed by atoms with van der Waals surface area (Å²) in [6.07, 6.45) is 1.84. The maximum Gasteiger partial charge on any atom is 0.238 e. The topological polar surface area (TPSA) is 95.6 Å². The van der Waals surface area contributed by atoms with Crippen molar-refractivity contribution in [1.82, 2.24) is 4.90 Å². The average Bonchev–Trinajstić information content (AvgIpc) is 2.63. The predicted octanol–water partition coefficient (Wildman–Crippen LogP) is 3.69. The third kappa shape index (κ3) is 7.60. The molecule has 2 aromatic carbocycles. The second-order valence-electron chi connectivity index (χ2n) is 6.73. The minimum atomic E-state index is -3.38. The van der Waals surface area contributed by atoms with Gasteiger partial charge in [0.1, 0.15) is 0 Å². The Morgan fingerprint density at radius 2 is 1.67 bits per heavy atom. The number of sulfone groups is 1. The van der Waals surface area contributed by atoms with E-state index in [0.717, 1.165) is 12.7 Å². The van der Waals surface area contributed by atoms with Crippen LogP contribution in [0.15, 0.2) is 47.4 Å². The number of hydrogen-bond donors (Lipinski definition) is 2. The first-order valence-electron chi connectivity index (χ1n) is 9.15. The largest absolute Gasteiger partial charge is 0.325 e. The number of nitrogens with zero attached hydrogens (tertiary/aromatic N) is 1. The second-order valence-corrected chi connectivity index (χ2v) is 9.59. The summed E-state index contributed by atoms with van der Waals surface area (Å²) in [6.45, 7) is 2.43. The molecular weight excluding hydrogens is 449 g/mol. The molecule has 2 N–H and O–H groups in total. The summed E-state index contributed by atoms with van der Waals surface area (Å²) in [5, 5.41) is 6.15. The highest BCUT2D eigenvalue weighted by Gasteiger charge is 2.16. The summed E-state index contributed by atoms with van der Waals surface area (Å²) in [5.74, 6) is -0.675. The zero-order valence-electron chi connectivity index (χ0n) is 16.6. The Morgan fingerprint density at radius 3 is 2.27 bits per heavy atom. The van der Waals surface area contributed by atoms with Crippen molar-refractivity contribution in [3.63, 3.8) is 0 Å². The summed E-state index contributed by atoms with van der Waals surface area (Å²) in [7, 11) is -3.38. The van der Waals surface area contributed by atoms with E-state index in [1.165, 1.54) is 18.2 Å². The lowest BCUT2D eigenvalue weighted by molar-refractivity contribution is -0.120. The number of amides is 2. The van der Waals surface area contributed by atoms with Gasteiger partial charge in [0.2, 0.25) is 11.8 Å². The van der Waals surface area contributed by atoms with Crippen molar-refractivity contribution in [2.45, 2.75) is 18.2 Å². The summed E-state index contributed by atoms with van der Waals surface area (Å²) >= 11 is 11.9. The highest BCUT2D eigenvalue weighted by molar-refractivity contribution is 7.90. The van der Waals surface area contributed by atoms with Gasteiger partial charge < -0.3 is 10.6 Å². The monoisotopic (exact) mass is 471 g/mol. The molecule has 0 bridgehead atoms. The van der Waals surface area contributed by atoms with Crippen molar-refractivity contribution in [3.8, 4) is 0 Å². The van der Waals surface area contributed by atoms with Gasteiger partial charge in [-0.3, -0.25) is 14.5 Å². The van der Waals surface area contributed by atoms with Crippen molar-refractivity contribution in [2.24, 2.45) is 0 Å². The lowest BCUT2D eigenvalue weighted by Gasteiger charge is -2.21. The molecule has 0 aliphatic heterocycles. The minimum Gasteiger partial charge on any atom is -0.325 e. The molecule has 0 unspecified atom stereocenters. The Morgan fingerprint density at radius 1 is 1.00 bits per heavy atom. The van der Waals surface area contributed by atoms with Gasteiger partial charge in [0.15, 0.2) is 9.84 Å². The average molecular weight is 472 g/mol. The Bertz CT molecular complexity index is 1030. The first-order chi connectivity index (χ1) is 14.1. The molecular formula is C20H23Cl2N3O4S. The van der Waals surface area contributed by atoms with Crippen LogP contribution in [0.1, 0.15) is 13.3 Å². The summed E-state index contributed by atoms with van der Waals surface area (Å²) in [6, 6.07) is 10.8. The van der Waals surface area contributed by atoms with Crippen LogP contribution >= 0.6 is 23.2 Å². The van der Waals surface area contributed by atoms with Crippen LogP contribution in [0, 0.1) is 0 Å². The lowest BCUT2D eigenvalue weighted by atomic mass is 10.3. The SMILES string of the molecule is CCCN(CC(=O)Nc1cccc(S(C)(=O)=O)c1)CC(=O)Nc1ccc(Cl)cc1Cl. The second kappa shape index (κ2) is 10.8. The zero-order chi connectivity index (χ0) is 22.3. The highest BCUT2D eigenvalue weighted by Crippen LogP contribution is 2.25. The first kappa shape index (κ1) is 24.1. The maximum absolute atomic E-state index is 12.4. The molecule has 0 saturated carbocycles. The fourth-order valence-corrected chi connectivity index (χ4v) is 3.84. The van der Waals surface area contributed by atoms with E-state index in [0.29, 0.717) is 28.0 Å². The standard InChI is InChI=1S/C20H23Cl2N3O4S/c1-3-9-25(13-20(27)24-18-8-7-14(21)10-17(18)22)12-19(26)23-15-5-4-6-16(11-15)30(2,28)29/h4-8,10-11H,3,9,12-13H2,1-2H3,(H,23,26)(H,24,27). The van der Waals surface area contributed by atoms with Crippen LogP contribution < -0.4 is 10.6 Å². The Kier molecular flexibility index (Phi) is 8.66. The first-order valence-corrected chi connectivity index (χ1v) is 11.8. The van der Waals surface area contributed by atoms with Gasteiger partial charge in [-0.2, -0.15) is 0 Å². The van der Waals surface area contributed by atoms with E-state index >= 15 is 0 Å². The Balaban J connectivity index is 1.99. The number of carbonyl (C=O) groups excluding carboxylic acids is 2. The molecule has 0 atom stereocenters. The molecule has 0 fully saturated rings. The van der Waals surface area contributed by atoms with E-state index in [4.69, 9.17) is 23.2 Å². The molecule has 0 aliphatic carbocycles. The summed E-state index contributed by atoms with van der Waals surface area (Å²) in [5.41, 5.74) is 0.807. The predicted molar refractivity (Wildman–Crippen MR) is 120 cm³/mol. The summed E-state index contributed by atoms with van der Waals surface area (Å²) < 4.78 is 23.3. The Labute approximate surface area is 186 Å². The van der Waals surface area contributed by atoms with E-state index < -0.39 is 9.84 Å². The van der Waals surface area contributed by atoms with Gasteiger partial charge in [0.25, 0.3) is 0 Å². The maximum atomic E-state index is 12.4. The smallest absolute Gasteiger partial charge is 0.238 e. The third-order valence-corrected chi connectivity index (χ3v) is 5.68. The third-order valence-electron chi connectivity index (χ3n) is 4.03. The van der Waals surface area contributed by atoms with Crippen LogP contribution in [0.4, 0.5) is 11.4 Å². The van der Waals surface area contributed by atoms with Gasteiger partial charge in [-0.1, -0.05) is 36.2 Å². The minimum absolute atomic E-state index is 0.0103. The Hall–Kier alpha value is -2.13. The van der Waals surface area contributed by atoms with Crippen molar-refractivity contribution < 1.29 is 18.0 Å². The number of halogens is 2. The molecule has 0 radical (unpaired) electrons. The molecule has 2 rings (SSSR count). The van der Waals surface area contributed by atoms with Crippen LogP contribution in [-0.4, -0.2) is 51.0 Å².